The Morgan fingerprint density at radius 3 is 2.56 bits per heavy atom. The molecule has 2 rings (SSSR count). The molecule has 0 saturated carbocycles. The fourth-order valence-corrected chi connectivity index (χ4v) is 4.34. The molecule has 0 N–H and O–H groups in total. The molecule has 1 aromatic rings. The zero-order valence-corrected chi connectivity index (χ0v) is 16.3. The van der Waals surface area contributed by atoms with E-state index in [0.717, 1.165) is 18.4 Å². The van der Waals surface area contributed by atoms with E-state index in [1.165, 1.54) is 0 Å². The molecule has 1 aromatic carbocycles. The number of rotatable bonds is 6. The summed E-state index contributed by atoms with van der Waals surface area (Å²) in [5.74, 6) is 0. The van der Waals surface area contributed by atoms with E-state index in [-0.39, 0.29) is 23.0 Å². The maximum atomic E-state index is 13.0. The Balaban J connectivity index is 2.08. The summed E-state index contributed by atoms with van der Waals surface area (Å²) in [5, 5.41) is 3.80. The van der Waals surface area contributed by atoms with Crippen LogP contribution in [0, 0.1) is 0 Å². The predicted molar refractivity (Wildman–Crippen MR) is 101 cm³/mol. The van der Waals surface area contributed by atoms with Gasteiger partial charge in [-0.2, -0.15) is 0 Å². The van der Waals surface area contributed by atoms with Gasteiger partial charge in [0.05, 0.1) is 23.0 Å². The van der Waals surface area contributed by atoms with E-state index in [4.69, 9.17) is 10.3 Å². The molecule has 0 spiro atoms. The number of azide groups is 1. The van der Waals surface area contributed by atoms with Crippen molar-refractivity contribution in [2.75, 3.05) is 6.54 Å². The third kappa shape index (κ3) is 5.82. The van der Waals surface area contributed by atoms with Crippen LogP contribution in [0.1, 0.15) is 46.1 Å². The molecule has 138 valence electrons. The first-order chi connectivity index (χ1) is 11.8. The summed E-state index contributed by atoms with van der Waals surface area (Å²) in [7, 11) is -1.13. The van der Waals surface area contributed by atoms with E-state index in [0.29, 0.717) is 13.1 Å². The van der Waals surface area contributed by atoms with Crippen molar-refractivity contribution in [1.82, 2.24) is 4.31 Å². The smallest absolute Gasteiger partial charge is 0.100 e. The molecular weight excluding hydrogens is 336 g/mol. The lowest BCUT2D eigenvalue weighted by molar-refractivity contribution is -0.0566. The normalized spacial score (nSPS) is 25.4. The molecule has 1 fully saturated rings. The van der Waals surface area contributed by atoms with Crippen LogP contribution < -0.4 is 0 Å². The van der Waals surface area contributed by atoms with Crippen LogP contribution in [-0.4, -0.2) is 38.1 Å². The van der Waals surface area contributed by atoms with E-state index in [2.05, 4.69) is 22.2 Å². The van der Waals surface area contributed by atoms with E-state index in [1.54, 1.807) is 0 Å². The van der Waals surface area contributed by atoms with Crippen molar-refractivity contribution in [3.8, 4) is 0 Å². The first kappa shape index (κ1) is 19.9. The van der Waals surface area contributed by atoms with Crippen molar-refractivity contribution in [3.63, 3.8) is 0 Å². The monoisotopic (exact) mass is 364 g/mol. The third-order valence-corrected chi connectivity index (χ3v) is 6.10. The molecule has 1 aliphatic heterocycles. The molecule has 6 nitrogen and oxygen atoms in total. The summed E-state index contributed by atoms with van der Waals surface area (Å²) < 4.78 is 20.7. The predicted octanol–water partition coefficient (Wildman–Crippen LogP) is 4.20. The highest BCUT2D eigenvalue weighted by molar-refractivity contribution is 7.84. The van der Waals surface area contributed by atoms with E-state index in [9.17, 15) is 4.21 Å². The largest absolute Gasteiger partial charge is 0.373 e. The molecule has 0 amide bonds. The number of ether oxygens (including phenoxy) is 1. The molecular formula is C18H28N4O2S. The molecule has 2 unspecified atom stereocenters. The highest BCUT2D eigenvalue weighted by Gasteiger charge is 2.32. The van der Waals surface area contributed by atoms with Gasteiger partial charge in [-0.1, -0.05) is 35.4 Å². The second-order valence-corrected chi connectivity index (χ2v) is 9.72. The number of benzene rings is 1. The Labute approximate surface area is 152 Å². The Kier molecular flexibility index (Phi) is 7.02. The topological polar surface area (TPSA) is 78.3 Å². The van der Waals surface area contributed by atoms with Gasteiger partial charge in [0.1, 0.15) is 11.0 Å². The fraction of sp³-hybridized carbons (Fsp3) is 0.667. The van der Waals surface area contributed by atoms with Gasteiger partial charge in [0.15, 0.2) is 0 Å². The molecule has 0 aliphatic carbocycles. The van der Waals surface area contributed by atoms with Crippen LogP contribution in [0.2, 0.25) is 0 Å². The zero-order valence-electron chi connectivity index (χ0n) is 15.5. The van der Waals surface area contributed by atoms with Gasteiger partial charge in [0.2, 0.25) is 0 Å². The summed E-state index contributed by atoms with van der Waals surface area (Å²) in [4.78, 5) is 2.90. The minimum absolute atomic E-state index is 0.00449. The van der Waals surface area contributed by atoms with Gasteiger partial charge in [-0.15, -0.1) is 0 Å². The van der Waals surface area contributed by atoms with Crippen molar-refractivity contribution in [1.29, 1.82) is 0 Å². The molecule has 0 aromatic heterocycles. The van der Waals surface area contributed by atoms with Gasteiger partial charge in [0, 0.05) is 18.0 Å². The molecule has 7 heteroatoms. The molecule has 1 aliphatic rings. The Hall–Kier alpha value is -1.40. The number of hydrogen-bond acceptors (Lipinski definition) is 3. The quantitative estimate of drug-likeness (QED) is 0.431. The molecule has 1 saturated heterocycles. The number of nitrogens with zero attached hydrogens (tertiary/aromatic N) is 4. The maximum absolute atomic E-state index is 13.0. The summed E-state index contributed by atoms with van der Waals surface area (Å²) in [5.41, 5.74) is 9.76. The standard InChI is InChI=1S/C18H28N4O2S/c1-14-17(20-21-19)11-10-16(24-14)13-22(25(23)18(2,3)4)12-15-8-6-5-7-9-15/h5-9,14,16-17H,10-13H2,1-4H3/t14?,16-,17?,25-/m0/s1. The summed E-state index contributed by atoms with van der Waals surface area (Å²) in [6, 6.07) is 9.96. The Bertz CT molecular complexity index is 626. The van der Waals surface area contributed by atoms with Gasteiger partial charge >= 0.3 is 0 Å². The van der Waals surface area contributed by atoms with Crippen molar-refractivity contribution >= 4 is 11.0 Å². The molecule has 0 bridgehead atoms. The molecule has 25 heavy (non-hydrogen) atoms. The average Bonchev–Trinajstić information content (AvgIpc) is 2.56. The van der Waals surface area contributed by atoms with Crippen LogP contribution in [0.5, 0.6) is 0 Å². The lowest BCUT2D eigenvalue weighted by Crippen LogP contribution is -2.45. The summed E-state index contributed by atoms with van der Waals surface area (Å²) >= 11 is 0. The fourth-order valence-electron chi connectivity index (χ4n) is 3.00. The van der Waals surface area contributed by atoms with Crippen LogP contribution in [0.4, 0.5) is 0 Å². The Morgan fingerprint density at radius 2 is 2.00 bits per heavy atom. The second kappa shape index (κ2) is 8.81. The van der Waals surface area contributed by atoms with E-state index >= 15 is 0 Å². The maximum Gasteiger partial charge on any atom is 0.100 e. The highest BCUT2D eigenvalue weighted by atomic mass is 32.2. The summed E-state index contributed by atoms with van der Waals surface area (Å²) in [6.45, 7) is 9.13. The molecule has 0 radical (unpaired) electrons. The first-order valence-corrected chi connectivity index (χ1v) is 9.82. The third-order valence-electron chi connectivity index (χ3n) is 4.30. The minimum Gasteiger partial charge on any atom is -0.373 e. The lowest BCUT2D eigenvalue weighted by atomic mass is 10.00. The van der Waals surface area contributed by atoms with Crippen LogP contribution in [-0.2, 0) is 22.3 Å². The van der Waals surface area contributed by atoms with Crippen LogP contribution in [0.25, 0.3) is 10.4 Å². The summed E-state index contributed by atoms with van der Waals surface area (Å²) in [6.07, 6.45) is 1.49. The molecule has 4 atom stereocenters. The zero-order chi connectivity index (χ0) is 18.4. The molecule has 1 heterocycles. The van der Waals surface area contributed by atoms with Gasteiger partial charge in [-0.3, -0.25) is 0 Å². The van der Waals surface area contributed by atoms with Crippen molar-refractivity contribution < 1.29 is 8.95 Å². The van der Waals surface area contributed by atoms with Gasteiger partial charge in [-0.05, 0) is 51.6 Å². The van der Waals surface area contributed by atoms with E-state index < -0.39 is 11.0 Å². The van der Waals surface area contributed by atoms with Crippen molar-refractivity contribution in [2.24, 2.45) is 5.11 Å². The Morgan fingerprint density at radius 1 is 1.32 bits per heavy atom. The first-order valence-electron chi connectivity index (χ1n) is 8.72. The van der Waals surface area contributed by atoms with Gasteiger partial charge in [0.25, 0.3) is 0 Å². The lowest BCUT2D eigenvalue weighted by Gasteiger charge is -2.36. The van der Waals surface area contributed by atoms with E-state index in [1.807, 2.05) is 50.2 Å². The van der Waals surface area contributed by atoms with Crippen molar-refractivity contribution in [2.45, 2.75) is 70.1 Å². The SMILES string of the molecule is CC1O[C@H](CN(Cc2ccccc2)[S@@](=O)C(C)(C)C)CCC1N=[N+]=[N-]. The average molecular weight is 365 g/mol. The van der Waals surface area contributed by atoms with Crippen LogP contribution >= 0.6 is 0 Å². The van der Waals surface area contributed by atoms with Gasteiger partial charge in [-0.25, -0.2) is 8.51 Å². The van der Waals surface area contributed by atoms with Crippen molar-refractivity contribution in [3.05, 3.63) is 46.3 Å². The second-order valence-electron chi connectivity index (χ2n) is 7.48. The van der Waals surface area contributed by atoms with Crippen LogP contribution in [0.3, 0.4) is 0 Å². The van der Waals surface area contributed by atoms with Crippen LogP contribution in [0.15, 0.2) is 35.4 Å². The number of hydrogen-bond donors (Lipinski definition) is 0. The minimum atomic E-state index is -1.13. The highest BCUT2D eigenvalue weighted by Crippen LogP contribution is 2.25. The van der Waals surface area contributed by atoms with Gasteiger partial charge < -0.3 is 4.74 Å².